The number of aryl methyl sites for hydroxylation is 1. The van der Waals surface area contributed by atoms with Crippen molar-refractivity contribution in [3.8, 4) is 5.75 Å². The minimum absolute atomic E-state index is 0.0130. The lowest BCUT2D eigenvalue weighted by Gasteiger charge is -2.19. The zero-order valence-corrected chi connectivity index (χ0v) is 21.0. The van der Waals surface area contributed by atoms with Gasteiger partial charge in [0, 0.05) is 17.5 Å². The van der Waals surface area contributed by atoms with Gasteiger partial charge in [-0.05, 0) is 61.0 Å². The van der Waals surface area contributed by atoms with Crippen LogP contribution in [0.15, 0.2) is 92.6 Å². The number of amidine groups is 1. The molecule has 0 aromatic heterocycles. The lowest BCUT2D eigenvalue weighted by atomic mass is 10.2. The summed E-state index contributed by atoms with van der Waals surface area (Å²) >= 11 is 3.09. The Kier molecular flexibility index (Phi) is 6.39. The number of anilines is 1. The predicted molar refractivity (Wildman–Crippen MR) is 142 cm³/mol. The Labute approximate surface area is 208 Å². The number of rotatable bonds is 5. The lowest BCUT2D eigenvalue weighted by molar-refractivity contribution is -0.122. The van der Waals surface area contributed by atoms with Crippen LogP contribution in [-0.2, 0) is 11.3 Å². The molecule has 2 aliphatic heterocycles. The highest BCUT2D eigenvalue weighted by molar-refractivity contribution is 8.19. The number of amides is 1. The molecule has 0 saturated carbocycles. The van der Waals surface area contributed by atoms with Gasteiger partial charge in [-0.3, -0.25) is 9.69 Å². The van der Waals surface area contributed by atoms with E-state index in [0.29, 0.717) is 16.6 Å². The first-order valence-electron chi connectivity index (χ1n) is 11.1. The van der Waals surface area contributed by atoms with Gasteiger partial charge in [0.15, 0.2) is 5.17 Å². The molecule has 0 radical (unpaired) electrons. The van der Waals surface area contributed by atoms with Crippen molar-refractivity contribution in [2.75, 3.05) is 18.6 Å². The summed E-state index contributed by atoms with van der Waals surface area (Å²) in [5.41, 5.74) is 4.12. The molecule has 0 aliphatic carbocycles. The molecule has 3 aromatic rings. The predicted octanol–water partition coefficient (Wildman–Crippen LogP) is 6.57. The first kappa shape index (κ1) is 22.6. The number of methoxy groups -OCH3 is 1. The van der Waals surface area contributed by atoms with Gasteiger partial charge in [0.25, 0.3) is 5.91 Å². The van der Waals surface area contributed by atoms with E-state index in [2.05, 4.69) is 17.9 Å². The average Bonchev–Trinajstić information content (AvgIpc) is 3.36. The molecule has 5 rings (SSSR count). The third kappa shape index (κ3) is 4.33. The Morgan fingerprint density at radius 1 is 0.941 bits per heavy atom. The fourth-order valence-corrected chi connectivity index (χ4v) is 6.38. The molecule has 1 amide bonds. The van der Waals surface area contributed by atoms with Gasteiger partial charge in [-0.1, -0.05) is 54.2 Å². The Hall–Kier alpha value is -3.16. The topological polar surface area (TPSA) is 45.1 Å². The SMILES string of the molecule is CCN1/C(=C2/SC(=Nc3cccc(C)c3)N(Cc3ccccc3)C2=O)Sc2ccc(OC)cc21. The molecule has 1 fully saturated rings. The van der Waals surface area contributed by atoms with Gasteiger partial charge in [0.2, 0.25) is 0 Å². The van der Waals surface area contributed by atoms with Crippen molar-refractivity contribution in [3.05, 3.63) is 93.9 Å². The number of fused-ring (bicyclic) bond motifs is 1. The maximum absolute atomic E-state index is 13.8. The standard InChI is InChI=1S/C27H25N3O2S2/c1-4-29-22-16-21(32-3)13-14-23(22)33-26(29)24-25(31)30(17-19-10-6-5-7-11-19)27(34-24)28-20-12-8-9-18(2)15-20/h5-16H,4,17H2,1-3H3/b26-24-,28-27?. The highest BCUT2D eigenvalue weighted by Gasteiger charge is 2.39. The van der Waals surface area contributed by atoms with Crippen molar-refractivity contribution in [1.82, 2.24) is 4.90 Å². The number of aliphatic imine (C=N–C) groups is 1. The number of ether oxygens (including phenoxy) is 1. The summed E-state index contributed by atoms with van der Waals surface area (Å²) in [6.07, 6.45) is 0. The second-order valence-corrected chi connectivity index (χ2v) is 10.0. The molecule has 172 valence electrons. The summed E-state index contributed by atoms with van der Waals surface area (Å²) in [5.74, 6) is 0.794. The third-order valence-corrected chi connectivity index (χ3v) is 8.07. The van der Waals surface area contributed by atoms with Crippen molar-refractivity contribution in [1.29, 1.82) is 0 Å². The van der Waals surface area contributed by atoms with E-state index >= 15 is 0 Å². The monoisotopic (exact) mass is 487 g/mol. The quantitative estimate of drug-likeness (QED) is 0.381. The highest BCUT2D eigenvalue weighted by Crippen LogP contribution is 2.51. The second-order valence-electron chi connectivity index (χ2n) is 8.03. The molecule has 34 heavy (non-hydrogen) atoms. The van der Waals surface area contributed by atoms with Crippen LogP contribution in [-0.4, -0.2) is 29.6 Å². The second kappa shape index (κ2) is 9.60. The molecule has 0 atom stereocenters. The Morgan fingerprint density at radius 3 is 2.50 bits per heavy atom. The first-order valence-corrected chi connectivity index (χ1v) is 12.8. The van der Waals surface area contributed by atoms with Crippen LogP contribution < -0.4 is 9.64 Å². The molecular weight excluding hydrogens is 462 g/mol. The van der Waals surface area contributed by atoms with Crippen molar-refractivity contribution in [2.24, 2.45) is 4.99 Å². The third-order valence-electron chi connectivity index (χ3n) is 5.69. The zero-order chi connectivity index (χ0) is 23.7. The van der Waals surface area contributed by atoms with E-state index in [-0.39, 0.29) is 5.91 Å². The van der Waals surface area contributed by atoms with Crippen LogP contribution in [0.5, 0.6) is 5.75 Å². The Bertz CT molecular complexity index is 1300. The number of carbonyl (C=O) groups is 1. The highest BCUT2D eigenvalue weighted by atomic mass is 32.2. The number of hydrogen-bond acceptors (Lipinski definition) is 6. The zero-order valence-electron chi connectivity index (χ0n) is 19.3. The molecule has 0 spiro atoms. The van der Waals surface area contributed by atoms with Crippen LogP contribution in [0.1, 0.15) is 18.1 Å². The lowest BCUT2D eigenvalue weighted by Crippen LogP contribution is -2.29. The van der Waals surface area contributed by atoms with Crippen molar-refractivity contribution in [2.45, 2.75) is 25.3 Å². The molecule has 5 nitrogen and oxygen atoms in total. The fraction of sp³-hybridized carbons (Fsp3) is 0.185. The van der Waals surface area contributed by atoms with Gasteiger partial charge < -0.3 is 9.64 Å². The number of nitrogens with zero attached hydrogens (tertiary/aromatic N) is 3. The minimum atomic E-state index is -0.0130. The largest absolute Gasteiger partial charge is 0.497 e. The van der Waals surface area contributed by atoms with Crippen molar-refractivity contribution >= 4 is 46.0 Å². The van der Waals surface area contributed by atoms with Crippen LogP contribution in [0.2, 0.25) is 0 Å². The summed E-state index contributed by atoms with van der Waals surface area (Å²) < 4.78 is 5.44. The summed E-state index contributed by atoms with van der Waals surface area (Å²) in [6.45, 7) is 5.38. The number of benzene rings is 3. The first-order chi connectivity index (χ1) is 16.6. The van der Waals surface area contributed by atoms with Gasteiger partial charge in [-0.25, -0.2) is 4.99 Å². The van der Waals surface area contributed by atoms with Gasteiger partial charge in [-0.2, -0.15) is 0 Å². The maximum atomic E-state index is 13.8. The molecule has 2 heterocycles. The van der Waals surface area contributed by atoms with E-state index in [1.54, 1.807) is 23.8 Å². The van der Waals surface area contributed by atoms with Gasteiger partial charge in [0.1, 0.15) is 15.7 Å². The van der Waals surface area contributed by atoms with E-state index in [9.17, 15) is 4.79 Å². The molecule has 1 saturated heterocycles. The summed E-state index contributed by atoms with van der Waals surface area (Å²) in [4.78, 5) is 24.5. The Morgan fingerprint density at radius 2 is 1.76 bits per heavy atom. The molecular formula is C27H25N3O2S2. The number of thioether (sulfide) groups is 2. The Balaban J connectivity index is 1.57. The van der Waals surface area contributed by atoms with Crippen LogP contribution in [0.3, 0.4) is 0 Å². The van der Waals surface area contributed by atoms with E-state index in [1.165, 1.54) is 11.8 Å². The summed E-state index contributed by atoms with van der Waals surface area (Å²) in [6, 6.07) is 24.2. The number of hydrogen-bond donors (Lipinski definition) is 0. The normalized spacial score (nSPS) is 18.7. The molecule has 0 N–H and O–H groups in total. The van der Waals surface area contributed by atoms with E-state index < -0.39 is 0 Å². The molecule has 7 heteroatoms. The van der Waals surface area contributed by atoms with Crippen molar-refractivity contribution in [3.63, 3.8) is 0 Å². The van der Waals surface area contributed by atoms with Crippen LogP contribution >= 0.6 is 23.5 Å². The van der Waals surface area contributed by atoms with Gasteiger partial charge in [-0.15, -0.1) is 0 Å². The minimum Gasteiger partial charge on any atom is -0.497 e. The van der Waals surface area contributed by atoms with Crippen LogP contribution in [0.4, 0.5) is 11.4 Å². The van der Waals surface area contributed by atoms with E-state index in [4.69, 9.17) is 9.73 Å². The van der Waals surface area contributed by atoms with E-state index in [0.717, 1.165) is 44.7 Å². The fourth-order valence-electron chi connectivity index (χ4n) is 4.00. The van der Waals surface area contributed by atoms with Crippen LogP contribution in [0, 0.1) is 6.92 Å². The number of carbonyl (C=O) groups excluding carboxylic acids is 1. The molecule has 3 aromatic carbocycles. The molecule has 2 aliphatic rings. The van der Waals surface area contributed by atoms with Gasteiger partial charge in [0.05, 0.1) is 25.0 Å². The maximum Gasteiger partial charge on any atom is 0.269 e. The van der Waals surface area contributed by atoms with Gasteiger partial charge >= 0.3 is 0 Å². The summed E-state index contributed by atoms with van der Waals surface area (Å²) in [7, 11) is 1.67. The molecule has 0 bridgehead atoms. The average molecular weight is 488 g/mol. The smallest absolute Gasteiger partial charge is 0.269 e. The summed E-state index contributed by atoms with van der Waals surface area (Å²) in [5, 5.41) is 1.65. The van der Waals surface area contributed by atoms with E-state index in [1.807, 2.05) is 73.7 Å². The van der Waals surface area contributed by atoms with Crippen molar-refractivity contribution < 1.29 is 9.53 Å². The van der Waals surface area contributed by atoms with Crippen LogP contribution in [0.25, 0.3) is 0 Å². The molecule has 0 unspecified atom stereocenters.